The molecular formula is C21H18F3N5O3. The van der Waals surface area contributed by atoms with Crippen molar-refractivity contribution in [3.8, 4) is 11.8 Å². The number of ether oxygens (including phenoxy) is 1. The predicted octanol–water partition coefficient (Wildman–Crippen LogP) is 2.24. The first kappa shape index (κ1) is 21.6. The van der Waals surface area contributed by atoms with Gasteiger partial charge >= 0.3 is 11.9 Å². The van der Waals surface area contributed by atoms with E-state index < -0.39 is 29.6 Å². The fourth-order valence-corrected chi connectivity index (χ4v) is 3.65. The van der Waals surface area contributed by atoms with Crippen LogP contribution in [0.3, 0.4) is 0 Å². The number of nitriles is 1. The first-order chi connectivity index (χ1) is 15.2. The molecule has 11 heteroatoms. The molecule has 0 amide bonds. The lowest BCUT2D eigenvalue weighted by atomic mass is 10.0. The molecule has 3 aromatic rings. The number of fused-ring (bicyclic) bond motifs is 1. The minimum Gasteiger partial charge on any atom is -0.488 e. The fourth-order valence-electron chi connectivity index (χ4n) is 3.65. The highest BCUT2D eigenvalue weighted by atomic mass is 19.4. The molecule has 166 valence electrons. The van der Waals surface area contributed by atoms with Crippen LogP contribution in [0.5, 0.6) is 5.75 Å². The Morgan fingerprint density at radius 2 is 2.03 bits per heavy atom. The van der Waals surface area contributed by atoms with E-state index in [1.807, 2.05) is 6.07 Å². The van der Waals surface area contributed by atoms with Crippen LogP contribution in [-0.4, -0.2) is 44.9 Å². The van der Waals surface area contributed by atoms with Gasteiger partial charge in [-0.25, -0.2) is 9.78 Å². The van der Waals surface area contributed by atoms with Gasteiger partial charge in [-0.2, -0.15) is 23.4 Å². The molecule has 1 aliphatic rings. The second-order valence-corrected chi connectivity index (χ2v) is 7.44. The van der Waals surface area contributed by atoms with Crippen molar-refractivity contribution in [1.29, 1.82) is 5.26 Å². The number of alkyl halides is 3. The van der Waals surface area contributed by atoms with E-state index in [1.165, 1.54) is 22.8 Å². The molecule has 1 saturated heterocycles. The zero-order chi connectivity index (χ0) is 23.0. The van der Waals surface area contributed by atoms with E-state index in [-0.39, 0.29) is 30.2 Å². The van der Waals surface area contributed by atoms with Gasteiger partial charge in [-0.3, -0.25) is 4.57 Å². The molecule has 32 heavy (non-hydrogen) atoms. The summed E-state index contributed by atoms with van der Waals surface area (Å²) in [7, 11) is 1.54. The molecule has 3 heterocycles. The van der Waals surface area contributed by atoms with Crippen molar-refractivity contribution in [1.82, 2.24) is 14.5 Å². The van der Waals surface area contributed by atoms with Gasteiger partial charge < -0.3 is 14.7 Å². The SMILES string of the molecule is Cn1c(=O)nc(N2CCC(Oc3cccc(C(F)(F)F)c3)C(O)C2)c2nc(C#N)ccc21. The Balaban J connectivity index is 1.58. The Bertz CT molecular complexity index is 1270. The number of halogens is 3. The normalized spacial score (nSPS) is 19.1. The minimum atomic E-state index is -4.50. The third-order valence-corrected chi connectivity index (χ3v) is 5.32. The van der Waals surface area contributed by atoms with Crippen molar-refractivity contribution < 1.29 is 23.0 Å². The van der Waals surface area contributed by atoms with Crippen molar-refractivity contribution >= 4 is 16.9 Å². The first-order valence-corrected chi connectivity index (χ1v) is 9.72. The summed E-state index contributed by atoms with van der Waals surface area (Å²) in [4.78, 5) is 22.3. The predicted molar refractivity (Wildman–Crippen MR) is 108 cm³/mol. The summed E-state index contributed by atoms with van der Waals surface area (Å²) >= 11 is 0. The zero-order valence-electron chi connectivity index (χ0n) is 16.9. The van der Waals surface area contributed by atoms with E-state index in [0.29, 0.717) is 17.6 Å². The second-order valence-electron chi connectivity index (χ2n) is 7.44. The molecule has 2 unspecified atom stereocenters. The lowest BCUT2D eigenvalue weighted by molar-refractivity contribution is -0.137. The number of aromatic nitrogens is 3. The molecule has 1 N–H and O–H groups in total. The van der Waals surface area contributed by atoms with Gasteiger partial charge in [-0.05, 0) is 30.3 Å². The molecule has 1 fully saturated rings. The Morgan fingerprint density at radius 1 is 1.25 bits per heavy atom. The topological polar surface area (TPSA) is 104 Å². The van der Waals surface area contributed by atoms with Gasteiger partial charge in [-0.1, -0.05) is 6.07 Å². The van der Waals surface area contributed by atoms with Crippen LogP contribution in [-0.2, 0) is 13.2 Å². The van der Waals surface area contributed by atoms with Crippen LogP contribution in [0.1, 0.15) is 17.7 Å². The standard InChI is InChI=1S/C21H18F3N5O3/c1-28-15-6-5-13(10-25)26-18(15)19(27-20(28)31)29-8-7-17(16(30)11-29)32-14-4-2-3-12(9-14)21(22,23)24/h2-6,9,16-17,30H,7-8,11H2,1H3. The summed E-state index contributed by atoms with van der Waals surface area (Å²) in [5.41, 5.74) is -0.373. The van der Waals surface area contributed by atoms with Gasteiger partial charge in [0.05, 0.1) is 11.1 Å². The third-order valence-electron chi connectivity index (χ3n) is 5.32. The highest BCUT2D eigenvalue weighted by molar-refractivity contribution is 5.86. The van der Waals surface area contributed by atoms with E-state index in [0.717, 1.165) is 12.1 Å². The largest absolute Gasteiger partial charge is 0.488 e. The number of aliphatic hydroxyl groups is 1. The van der Waals surface area contributed by atoms with E-state index in [2.05, 4.69) is 9.97 Å². The lowest BCUT2D eigenvalue weighted by Gasteiger charge is -2.36. The van der Waals surface area contributed by atoms with Crippen molar-refractivity contribution in [2.75, 3.05) is 18.0 Å². The van der Waals surface area contributed by atoms with Crippen LogP contribution in [0.2, 0.25) is 0 Å². The van der Waals surface area contributed by atoms with E-state index in [1.54, 1.807) is 18.0 Å². The average Bonchev–Trinajstić information content (AvgIpc) is 2.77. The van der Waals surface area contributed by atoms with Crippen LogP contribution in [0.15, 0.2) is 41.2 Å². The van der Waals surface area contributed by atoms with Gasteiger partial charge in [0.1, 0.15) is 35.2 Å². The second kappa shape index (κ2) is 8.12. The number of hydrogen-bond acceptors (Lipinski definition) is 7. The molecule has 1 aromatic carbocycles. The van der Waals surface area contributed by atoms with Gasteiger partial charge in [0.2, 0.25) is 0 Å². The number of hydrogen-bond donors (Lipinski definition) is 1. The number of aliphatic hydroxyl groups excluding tert-OH is 1. The smallest absolute Gasteiger partial charge is 0.416 e. The van der Waals surface area contributed by atoms with E-state index in [4.69, 9.17) is 10.00 Å². The number of pyridine rings is 1. The summed E-state index contributed by atoms with van der Waals surface area (Å²) in [6, 6.07) is 9.53. The van der Waals surface area contributed by atoms with Gasteiger partial charge in [0.15, 0.2) is 5.82 Å². The highest BCUT2D eigenvalue weighted by Crippen LogP contribution is 2.32. The summed E-state index contributed by atoms with van der Waals surface area (Å²) in [6.07, 6.45) is -6.02. The molecular weight excluding hydrogens is 427 g/mol. The molecule has 4 rings (SSSR count). The number of benzene rings is 1. The number of β-amino-alcohol motifs (C(OH)–C–C–N with tert-alkyl or cyclic N) is 1. The molecule has 8 nitrogen and oxygen atoms in total. The Kier molecular flexibility index (Phi) is 5.48. The molecule has 0 saturated carbocycles. The Morgan fingerprint density at radius 3 is 2.72 bits per heavy atom. The van der Waals surface area contributed by atoms with Crippen LogP contribution >= 0.6 is 0 Å². The molecule has 0 radical (unpaired) electrons. The highest BCUT2D eigenvalue weighted by Gasteiger charge is 2.33. The maximum absolute atomic E-state index is 12.9. The lowest BCUT2D eigenvalue weighted by Crippen LogP contribution is -2.50. The maximum atomic E-state index is 12.9. The van der Waals surface area contributed by atoms with Gasteiger partial charge in [0.25, 0.3) is 0 Å². The summed E-state index contributed by atoms with van der Waals surface area (Å²) in [5.74, 6) is 0.242. The van der Waals surface area contributed by atoms with Gasteiger partial charge in [-0.15, -0.1) is 0 Å². The molecule has 1 aliphatic heterocycles. The monoisotopic (exact) mass is 445 g/mol. The zero-order valence-corrected chi connectivity index (χ0v) is 16.9. The number of aryl methyl sites for hydroxylation is 1. The number of piperidine rings is 1. The molecule has 2 aromatic heterocycles. The molecule has 0 bridgehead atoms. The number of nitrogens with zero attached hydrogens (tertiary/aromatic N) is 5. The van der Waals surface area contributed by atoms with Gasteiger partial charge in [0, 0.05) is 26.6 Å². The fraction of sp³-hybridized carbons (Fsp3) is 0.333. The Labute approximate surface area is 180 Å². The maximum Gasteiger partial charge on any atom is 0.416 e. The number of anilines is 1. The quantitative estimate of drug-likeness (QED) is 0.659. The van der Waals surface area contributed by atoms with E-state index >= 15 is 0 Å². The van der Waals surface area contributed by atoms with Crippen LogP contribution < -0.4 is 15.3 Å². The van der Waals surface area contributed by atoms with E-state index in [9.17, 15) is 23.1 Å². The van der Waals surface area contributed by atoms with Crippen molar-refractivity contribution in [2.45, 2.75) is 24.8 Å². The molecule has 0 spiro atoms. The molecule has 2 atom stereocenters. The van der Waals surface area contributed by atoms with Crippen molar-refractivity contribution in [2.24, 2.45) is 7.05 Å². The van der Waals surface area contributed by atoms with Crippen LogP contribution in [0.25, 0.3) is 11.0 Å². The Hall–Kier alpha value is -3.65. The average molecular weight is 445 g/mol. The van der Waals surface area contributed by atoms with Crippen LogP contribution in [0.4, 0.5) is 19.0 Å². The van der Waals surface area contributed by atoms with Crippen molar-refractivity contribution in [3.63, 3.8) is 0 Å². The third kappa shape index (κ3) is 4.09. The summed E-state index contributed by atoms with van der Waals surface area (Å²) < 4.78 is 45.7. The minimum absolute atomic E-state index is 0.00908. The number of rotatable bonds is 3. The summed E-state index contributed by atoms with van der Waals surface area (Å²) in [6.45, 7) is 0.339. The van der Waals surface area contributed by atoms with Crippen LogP contribution in [0, 0.1) is 11.3 Å². The molecule has 0 aliphatic carbocycles. The van der Waals surface area contributed by atoms with Crippen molar-refractivity contribution in [3.05, 3.63) is 58.1 Å². The first-order valence-electron chi connectivity index (χ1n) is 9.72. The summed E-state index contributed by atoms with van der Waals surface area (Å²) in [5, 5.41) is 19.8.